The lowest BCUT2D eigenvalue weighted by Gasteiger charge is -2.15. The number of aromatic nitrogens is 2. The number of nitrogens with zero attached hydrogens (tertiary/aromatic N) is 3. The van der Waals surface area contributed by atoms with Crippen LogP contribution in [0.5, 0.6) is 0 Å². The SMILES string of the molecule is O=C(c1ccc(Cn2cccn2)o1)N1CCc2cc(Cl)ccc21. The molecule has 1 amide bonds. The molecule has 0 bridgehead atoms. The van der Waals surface area contributed by atoms with Gasteiger partial charge in [0, 0.05) is 29.6 Å². The van der Waals surface area contributed by atoms with E-state index < -0.39 is 0 Å². The number of carbonyl (C=O) groups excluding carboxylic acids is 1. The maximum atomic E-state index is 12.7. The van der Waals surface area contributed by atoms with Crippen LogP contribution in [0.15, 0.2) is 53.2 Å². The van der Waals surface area contributed by atoms with E-state index in [1.165, 1.54) is 0 Å². The van der Waals surface area contributed by atoms with Gasteiger partial charge in [0.25, 0.3) is 5.91 Å². The summed E-state index contributed by atoms with van der Waals surface area (Å²) in [6.45, 7) is 1.15. The number of hydrogen-bond donors (Lipinski definition) is 0. The first kappa shape index (κ1) is 14.1. The van der Waals surface area contributed by atoms with Gasteiger partial charge < -0.3 is 9.32 Å². The number of halogens is 1. The summed E-state index contributed by atoms with van der Waals surface area (Å²) in [7, 11) is 0. The van der Waals surface area contributed by atoms with Crippen LogP contribution >= 0.6 is 11.6 Å². The van der Waals surface area contributed by atoms with Gasteiger partial charge in [-0.2, -0.15) is 5.10 Å². The van der Waals surface area contributed by atoms with Gasteiger partial charge in [-0.25, -0.2) is 0 Å². The van der Waals surface area contributed by atoms with Crippen molar-refractivity contribution in [2.75, 3.05) is 11.4 Å². The van der Waals surface area contributed by atoms with Gasteiger partial charge in [0.05, 0.1) is 6.54 Å². The summed E-state index contributed by atoms with van der Waals surface area (Å²) in [5, 5.41) is 4.82. The van der Waals surface area contributed by atoms with Gasteiger partial charge in [0.1, 0.15) is 5.76 Å². The number of amides is 1. The van der Waals surface area contributed by atoms with Crippen molar-refractivity contribution in [1.29, 1.82) is 0 Å². The molecule has 0 spiro atoms. The van der Waals surface area contributed by atoms with E-state index in [1.54, 1.807) is 27.9 Å². The Bertz CT molecular complexity index is 855. The highest BCUT2D eigenvalue weighted by atomic mass is 35.5. The van der Waals surface area contributed by atoms with Gasteiger partial charge in [-0.1, -0.05) is 11.6 Å². The second kappa shape index (κ2) is 5.59. The molecule has 0 radical (unpaired) electrons. The molecule has 0 unspecified atom stereocenters. The van der Waals surface area contributed by atoms with E-state index in [4.69, 9.17) is 16.0 Å². The molecule has 1 aromatic carbocycles. The molecule has 4 rings (SSSR count). The van der Waals surface area contributed by atoms with Gasteiger partial charge in [-0.3, -0.25) is 9.48 Å². The molecule has 3 aromatic rings. The van der Waals surface area contributed by atoms with Crippen molar-refractivity contribution < 1.29 is 9.21 Å². The van der Waals surface area contributed by atoms with Crippen molar-refractivity contribution in [2.24, 2.45) is 0 Å². The summed E-state index contributed by atoms with van der Waals surface area (Å²) in [6.07, 6.45) is 4.37. The predicted octanol–water partition coefficient (Wildman–Crippen LogP) is 3.38. The third-order valence-corrected chi connectivity index (χ3v) is 4.17. The third kappa shape index (κ3) is 2.64. The molecule has 2 aromatic heterocycles. The van der Waals surface area contributed by atoms with Crippen LogP contribution in [0.4, 0.5) is 5.69 Å². The van der Waals surface area contributed by atoms with Crippen LogP contribution in [0.2, 0.25) is 5.02 Å². The Balaban J connectivity index is 1.55. The van der Waals surface area contributed by atoms with Crippen LogP contribution in [0.25, 0.3) is 0 Å². The van der Waals surface area contributed by atoms with Gasteiger partial charge in [-0.15, -0.1) is 0 Å². The third-order valence-electron chi connectivity index (χ3n) is 3.93. The normalized spacial score (nSPS) is 13.3. The second-order valence-electron chi connectivity index (χ2n) is 5.45. The summed E-state index contributed by atoms with van der Waals surface area (Å²) in [6, 6.07) is 11.0. The lowest BCUT2D eigenvalue weighted by molar-refractivity contribution is 0.0960. The second-order valence-corrected chi connectivity index (χ2v) is 5.89. The number of furan rings is 1. The van der Waals surface area contributed by atoms with E-state index in [2.05, 4.69) is 5.10 Å². The van der Waals surface area contributed by atoms with Crippen LogP contribution in [-0.2, 0) is 13.0 Å². The molecular formula is C17H14ClN3O2. The zero-order valence-corrected chi connectivity index (χ0v) is 13.0. The molecule has 0 saturated heterocycles. The van der Waals surface area contributed by atoms with Crippen molar-refractivity contribution in [2.45, 2.75) is 13.0 Å². The molecule has 1 aliphatic rings. The van der Waals surface area contributed by atoms with Crippen LogP contribution in [0, 0.1) is 0 Å². The van der Waals surface area contributed by atoms with Crippen molar-refractivity contribution in [3.05, 3.63) is 70.9 Å². The average molecular weight is 328 g/mol. The first-order valence-corrected chi connectivity index (χ1v) is 7.75. The standard InChI is InChI=1S/C17H14ClN3O2/c18-13-2-4-15-12(10-13)6-9-21(15)17(22)16-5-3-14(23-16)11-20-8-1-7-19-20/h1-5,7-8,10H,6,9,11H2. The molecule has 0 atom stereocenters. The molecular weight excluding hydrogens is 314 g/mol. The summed E-state index contributed by atoms with van der Waals surface area (Å²) < 4.78 is 7.44. The fourth-order valence-electron chi connectivity index (χ4n) is 2.85. The highest BCUT2D eigenvalue weighted by Crippen LogP contribution is 2.31. The molecule has 6 heteroatoms. The molecule has 5 nitrogen and oxygen atoms in total. The monoisotopic (exact) mass is 327 g/mol. The maximum absolute atomic E-state index is 12.7. The van der Waals surface area contributed by atoms with E-state index in [-0.39, 0.29) is 5.91 Å². The molecule has 23 heavy (non-hydrogen) atoms. The van der Waals surface area contributed by atoms with Crippen LogP contribution in [-0.4, -0.2) is 22.2 Å². The molecule has 1 aliphatic heterocycles. The minimum Gasteiger partial charge on any atom is -0.454 e. The van der Waals surface area contributed by atoms with E-state index in [0.717, 1.165) is 17.7 Å². The fourth-order valence-corrected chi connectivity index (χ4v) is 3.04. The zero-order chi connectivity index (χ0) is 15.8. The average Bonchev–Trinajstić information content (AvgIpc) is 3.27. The van der Waals surface area contributed by atoms with Gasteiger partial charge in [0.15, 0.2) is 5.76 Å². The highest BCUT2D eigenvalue weighted by molar-refractivity contribution is 6.30. The number of hydrogen-bond acceptors (Lipinski definition) is 3. The minimum absolute atomic E-state index is 0.127. The van der Waals surface area contributed by atoms with Gasteiger partial charge >= 0.3 is 0 Å². The van der Waals surface area contributed by atoms with Gasteiger partial charge in [0.2, 0.25) is 0 Å². The Kier molecular flexibility index (Phi) is 3.42. The van der Waals surface area contributed by atoms with E-state index in [9.17, 15) is 4.79 Å². The Morgan fingerprint density at radius 1 is 1.30 bits per heavy atom. The zero-order valence-electron chi connectivity index (χ0n) is 12.3. The van der Waals surface area contributed by atoms with E-state index in [0.29, 0.717) is 29.6 Å². The largest absolute Gasteiger partial charge is 0.454 e. The minimum atomic E-state index is -0.127. The number of carbonyl (C=O) groups is 1. The van der Waals surface area contributed by atoms with E-state index >= 15 is 0 Å². The van der Waals surface area contributed by atoms with Gasteiger partial charge in [-0.05, 0) is 48.4 Å². The first-order chi connectivity index (χ1) is 11.2. The summed E-state index contributed by atoms with van der Waals surface area (Å²) >= 11 is 6.01. The maximum Gasteiger partial charge on any atom is 0.293 e. The summed E-state index contributed by atoms with van der Waals surface area (Å²) in [5.74, 6) is 0.917. The number of anilines is 1. The Morgan fingerprint density at radius 3 is 3.04 bits per heavy atom. The molecule has 116 valence electrons. The smallest absolute Gasteiger partial charge is 0.293 e. The van der Waals surface area contributed by atoms with Crippen LogP contribution < -0.4 is 4.90 Å². The summed E-state index contributed by atoms with van der Waals surface area (Å²) in [4.78, 5) is 14.4. The van der Waals surface area contributed by atoms with Crippen molar-refractivity contribution in [3.8, 4) is 0 Å². The van der Waals surface area contributed by atoms with E-state index in [1.807, 2.05) is 30.5 Å². The van der Waals surface area contributed by atoms with Crippen LogP contribution in [0.1, 0.15) is 21.9 Å². The summed E-state index contributed by atoms with van der Waals surface area (Å²) in [5.41, 5.74) is 2.00. The lowest BCUT2D eigenvalue weighted by atomic mass is 10.2. The quantitative estimate of drug-likeness (QED) is 0.741. The molecule has 0 aliphatic carbocycles. The topological polar surface area (TPSA) is 51.3 Å². The van der Waals surface area contributed by atoms with Crippen molar-refractivity contribution in [1.82, 2.24) is 9.78 Å². The Labute approximate surface area is 138 Å². The molecule has 0 saturated carbocycles. The van der Waals surface area contributed by atoms with Crippen molar-refractivity contribution in [3.63, 3.8) is 0 Å². The Hall–Kier alpha value is -2.53. The number of benzene rings is 1. The fraction of sp³-hybridized carbons (Fsp3) is 0.176. The lowest BCUT2D eigenvalue weighted by Crippen LogP contribution is -2.28. The molecule has 3 heterocycles. The number of rotatable bonds is 3. The molecule has 0 fully saturated rings. The van der Waals surface area contributed by atoms with Crippen molar-refractivity contribution >= 4 is 23.2 Å². The van der Waals surface area contributed by atoms with Crippen LogP contribution in [0.3, 0.4) is 0 Å². The Morgan fingerprint density at radius 2 is 2.22 bits per heavy atom. The highest BCUT2D eigenvalue weighted by Gasteiger charge is 2.27. The first-order valence-electron chi connectivity index (χ1n) is 7.37. The molecule has 0 N–H and O–H groups in total. The number of fused-ring (bicyclic) bond motifs is 1. The predicted molar refractivity (Wildman–Crippen MR) is 86.9 cm³/mol.